The van der Waals surface area contributed by atoms with E-state index in [0.29, 0.717) is 12.1 Å². The van der Waals surface area contributed by atoms with Crippen molar-refractivity contribution in [1.82, 2.24) is 10.2 Å². The van der Waals surface area contributed by atoms with Crippen molar-refractivity contribution in [2.24, 2.45) is 0 Å². The molecule has 2 nitrogen and oxygen atoms in total. The molecule has 2 atom stereocenters. The molecular formula is C15H22N2. The van der Waals surface area contributed by atoms with Crippen molar-refractivity contribution in [3.8, 4) is 0 Å². The average molecular weight is 230 g/mol. The molecule has 0 amide bonds. The Hall–Kier alpha value is -1.12. The molecule has 1 heterocycles. The number of hydrogen-bond acceptors (Lipinski definition) is 2. The van der Waals surface area contributed by atoms with E-state index in [2.05, 4.69) is 54.9 Å². The molecule has 0 aromatic heterocycles. The van der Waals surface area contributed by atoms with Crippen LogP contribution in [-0.2, 0) is 0 Å². The molecule has 0 saturated carbocycles. The van der Waals surface area contributed by atoms with Gasteiger partial charge in [-0.1, -0.05) is 36.9 Å². The zero-order chi connectivity index (χ0) is 12.3. The third-order valence-corrected chi connectivity index (χ3v) is 3.47. The summed E-state index contributed by atoms with van der Waals surface area (Å²) in [6.07, 6.45) is 0. The molecule has 1 aliphatic rings. The summed E-state index contributed by atoms with van der Waals surface area (Å²) in [6, 6.07) is 11.6. The lowest BCUT2D eigenvalue weighted by Gasteiger charge is -2.37. The molecule has 0 radical (unpaired) electrons. The molecule has 1 aliphatic heterocycles. The summed E-state index contributed by atoms with van der Waals surface area (Å²) in [5.41, 5.74) is 2.47. The van der Waals surface area contributed by atoms with E-state index in [1.807, 2.05) is 6.07 Å². The second-order valence-corrected chi connectivity index (χ2v) is 5.06. The van der Waals surface area contributed by atoms with E-state index in [1.54, 1.807) is 0 Å². The topological polar surface area (TPSA) is 15.3 Å². The van der Waals surface area contributed by atoms with E-state index in [9.17, 15) is 0 Å². The van der Waals surface area contributed by atoms with Gasteiger partial charge in [0.05, 0.1) is 0 Å². The Morgan fingerprint density at radius 3 is 2.76 bits per heavy atom. The van der Waals surface area contributed by atoms with Gasteiger partial charge in [-0.05, 0) is 25.0 Å². The zero-order valence-corrected chi connectivity index (χ0v) is 10.8. The lowest BCUT2D eigenvalue weighted by molar-refractivity contribution is 0.165. The predicted octanol–water partition coefficient (Wildman–Crippen LogP) is 2.38. The Kier molecular flexibility index (Phi) is 3.97. The van der Waals surface area contributed by atoms with Gasteiger partial charge in [-0.2, -0.15) is 0 Å². The van der Waals surface area contributed by atoms with Crippen LogP contribution in [0.5, 0.6) is 0 Å². The molecule has 2 unspecified atom stereocenters. The van der Waals surface area contributed by atoms with Crippen molar-refractivity contribution < 1.29 is 0 Å². The predicted molar refractivity (Wildman–Crippen MR) is 74.0 cm³/mol. The molecule has 92 valence electrons. The fourth-order valence-corrected chi connectivity index (χ4v) is 2.33. The normalized spacial score (nSPS) is 25.8. The van der Waals surface area contributed by atoms with Gasteiger partial charge in [-0.3, -0.25) is 4.90 Å². The molecule has 17 heavy (non-hydrogen) atoms. The highest BCUT2D eigenvalue weighted by molar-refractivity contribution is 5.64. The second-order valence-electron chi connectivity index (χ2n) is 5.06. The van der Waals surface area contributed by atoms with Crippen molar-refractivity contribution in [2.75, 3.05) is 19.6 Å². The monoisotopic (exact) mass is 230 g/mol. The lowest BCUT2D eigenvalue weighted by Crippen LogP contribution is -2.54. The molecule has 0 aliphatic carbocycles. The Balaban J connectivity index is 1.98. The minimum Gasteiger partial charge on any atom is -0.311 e. The van der Waals surface area contributed by atoms with Crippen molar-refractivity contribution in [3.05, 3.63) is 42.5 Å². The van der Waals surface area contributed by atoms with Crippen LogP contribution in [0.2, 0.25) is 0 Å². The molecular weight excluding hydrogens is 208 g/mol. The Morgan fingerprint density at radius 1 is 1.35 bits per heavy atom. The van der Waals surface area contributed by atoms with E-state index in [-0.39, 0.29) is 0 Å². The first kappa shape index (κ1) is 12.3. The molecule has 0 bridgehead atoms. The quantitative estimate of drug-likeness (QED) is 0.857. The number of hydrogen-bond donors (Lipinski definition) is 1. The average Bonchev–Trinajstić information content (AvgIpc) is 2.35. The first-order valence-electron chi connectivity index (χ1n) is 6.37. The first-order chi connectivity index (χ1) is 8.16. The highest BCUT2D eigenvalue weighted by atomic mass is 15.2. The number of nitrogens with one attached hydrogen (secondary N) is 1. The summed E-state index contributed by atoms with van der Waals surface area (Å²) in [7, 11) is 0. The fraction of sp³-hybridized carbons (Fsp3) is 0.467. The minimum absolute atomic E-state index is 0.578. The largest absolute Gasteiger partial charge is 0.311 e. The van der Waals surface area contributed by atoms with Crippen LogP contribution in [0.3, 0.4) is 0 Å². The maximum atomic E-state index is 4.22. The number of rotatable bonds is 3. The number of nitrogens with zero attached hydrogens (tertiary/aromatic N) is 1. The van der Waals surface area contributed by atoms with Crippen LogP contribution in [0.4, 0.5) is 0 Å². The summed E-state index contributed by atoms with van der Waals surface area (Å²) in [4.78, 5) is 2.51. The highest BCUT2D eigenvalue weighted by Crippen LogP contribution is 2.16. The molecule has 1 N–H and O–H groups in total. The van der Waals surface area contributed by atoms with Crippen molar-refractivity contribution in [3.63, 3.8) is 0 Å². The van der Waals surface area contributed by atoms with Crippen molar-refractivity contribution in [2.45, 2.75) is 25.9 Å². The molecule has 2 rings (SSSR count). The van der Waals surface area contributed by atoms with Gasteiger partial charge in [0, 0.05) is 31.7 Å². The van der Waals surface area contributed by atoms with Gasteiger partial charge < -0.3 is 5.32 Å². The molecule has 2 heteroatoms. The molecule has 0 spiro atoms. The molecule has 1 saturated heterocycles. The number of piperazine rings is 1. The van der Waals surface area contributed by atoms with Crippen LogP contribution in [0, 0.1) is 0 Å². The van der Waals surface area contributed by atoms with Gasteiger partial charge in [-0.15, -0.1) is 0 Å². The Bertz CT molecular complexity index is 372. The Labute approximate surface area is 104 Å². The minimum atomic E-state index is 0.578. The van der Waals surface area contributed by atoms with Crippen LogP contribution in [0.15, 0.2) is 36.9 Å². The van der Waals surface area contributed by atoms with Gasteiger partial charge in [-0.25, -0.2) is 0 Å². The van der Waals surface area contributed by atoms with Gasteiger partial charge in [0.2, 0.25) is 0 Å². The van der Waals surface area contributed by atoms with Gasteiger partial charge >= 0.3 is 0 Å². The SMILES string of the molecule is C=C(CN1CC(C)NCC1C)c1ccccc1. The van der Waals surface area contributed by atoms with Crippen LogP contribution in [0.25, 0.3) is 5.57 Å². The van der Waals surface area contributed by atoms with Crippen LogP contribution >= 0.6 is 0 Å². The Morgan fingerprint density at radius 2 is 2.06 bits per heavy atom. The van der Waals surface area contributed by atoms with E-state index < -0.39 is 0 Å². The van der Waals surface area contributed by atoms with E-state index >= 15 is 0 Å². The smallest absolute Gasteiger partial charge is 0.0237 e. The fourth-order valence-electron chi connectivity index (χ4n) is 2.33. The summed E-state index contributed by atoms with van der Waals surface area (Å²) in [5.74, 6) is 0. The standard InChI is InChI=1S/C15H22N2/c1-12(15-7-5-4-6-8-15)10-17-11-13(2)16-9-14(17)3/h4-8,13-14,16H,1,9-11H2,2-3H3. The maximum Gasteiger partial charge on any atom is 0.0237 e. The van der Waals surface area contributed by atoms with Crippen LogP contribution in [0.1, 0.15) is 19.4 Å². The summed E-state index contributed by atoms with van der Waals surface area (Å²) < 4.78 is 0. The maximum absolute atomic E-state index is 4.22. The number of benzene rings is 1. The second kappa shape index (κ2) is 5.48. The van der Waals surface area contributed by atoms with E-state index in [0.717, 1.165) is 19.6 Å². The summed E-state index contributed by atoms with van der Waals surface area (Å²) >= 11 is 0. The third-order valence-electron chi connectivity index (χ3n) is 3.47. The van der Waals surface area contributed by atoms with Gasteiger partial charge in [0.25, 0.3) is 0 Å². The zero-order valence-electron chi connectivity index (χ0n) is 10.8. The summed E-state index contributed by atoms with van der Waals surface area (Å²) in [6.45, 7) is 11.9. The lowest BCUT2D eigenvalue weighted by atomic mass is 10.0. The van der Waals surface area contributed by atoms with E-state index in [4.69, 9.17) is 0 Å². The summed E-state index contributed by atoms with van der Waals surface area (Å²) in [5, 5.41) is 3.50. The molecule has 1 aromatic rings. The van der Waals surface area contributed by atoms with Gasteiger partial charge in [0.15, 0.2) is 0 Å². The van der Waals surface area contributed by atoms with Crippen LogP contribution in [-0.4, -0.2) is 36.6 Å². The van der Waals surface area contributed by atoms with Gasteiger partial charge in [0.1, 0.15) is 0 Å². The van der Waals surface area contributed by atoms with E-state index in [1.165, 1.54) is 11.1 Å². The third kappa shape index (κ3) is 3.18. The molecule has 1 aromatic carbocycles. The van der Waals surface area contributed by atoms with Crippen LogP contribution < -0.4 is 5.32 Å². The molecule has 1 fully saturated rings. The van der Waals surface area contributed by atoms with Crippen molar-refractivity contribution >= 4 is 5.57 Å². The first-order valence-corrected chi connectivity index (χ1v) is 6.37. The highest BCUT2D eigenvalue weighted by Gasteiger charge is 2.22. The van der Waals surface area contributed by atoms with Crippen molar-refractivity contribution in [1.29, 1.82) is 0 Å².